The smallest absolute Gasteiger partial charge is 0.417 e. The minimum absolute atomic E-state index is 0.0101. The molecule has 0 spiro atoms. The molecule has 0 unspecified atom stereocenters. The summed E-state index contributed by atoms with van der Waals surface area (Å²) >= 11 is 2.96. The standard InChI is InChI=1S/C40H33BrF3N7O3/c1-45-36-30-14-11-28(20-34(30)49(47-36)22-25-8-12-29(54-2)13-9-25)50-37-27(18-24-6-4-3-5-7-24)21-46-51(37)35-23-48(17-16-31(35)39(50)53)38(52)26-10-15-33(41)32(19-26)40(42,43)44/h3-15,19-21H,16-18,22-23H2,1-2H3,(H,45,47). The molecule has 4 aromatic carbocycles. The zero-order valence-corrected chi connectivity index (χ0v) is 30.8. The molecule has 0 radical (unpaired) electrons. The Morgan fingerprint density at radius 3 is 2.48 bits per heavy atom. The summed E-state index contributed by atoms with van der Waals surface area (Å²) in [7, 11) is 3.44. The average Bonchev–Trinajstić information content (AvgIpc) is 3.75. The molecule has 0 atom stereocenters. The van der Waals surface area contributed by atoms with Crippen molar-refractivity contribution in [3.8, 4) is 11.4 Å². The second-order valence-electron chi connectivity index (χ2n) is 13.1. The number of nitrogens with one attached hydrogen (secondary N) is 1. The lowest BCUT2D eigenvalue weighted by Crippen LogP contribution is -2.41. The summed E-state index contributed by atoms with van der Waals surface area (Å²) in [6.45, 7) is 0.601. The van der Waals surface area contributed by atoms with Crippen molar-refractivity contribution in [2.45, 2.75) is 32.1 Å². The first-order chi connectivity index (χ1) is 26.0. The maximum absolute atomic E-state index is 14.7. The van der Waals surface area contributed by atoms with E-state index in [0.29, 0.717) is 41.4 Å². The van der Waals surface area contributed by atoms with E-state index in [9.17, 15) is 22.8 Å². The summed E-state index contributed by atoms with van der Waals surface area (Å²) in [6, 6.07) is 26.8. The first-order valence-corrected chi connectivity index (χ1v) is 18.0. The number of fused-ring (bicyclic) bond motifs is 4. The Hall–Kier alpha value is -5.89. The number of hydrogen-bond acceptors (Lipinski definition) is 6. The maximum Gasteiger partial charge on any atom is 0.417 e. The lowest BCUT2D eigenvalue weighted by molar-refractivity contribution is -0.138. The van der Waals surface area contributed by atoms with Crippen LogP contribution in [-0.2, 0) is 32.1 Å². The van der Waals surface area contributed by atoms with Crippen LogP contribution in [0.1, 0.15) is 43.9 Å². The topological polar surface area (TPSA) is 98.7 Å². The van der Waals surface area contributed by atoms with Crippen LogP contribution in [0.4, 0.5) is 19.0 Å². The van der Waals surface area contributed by atoms with Gasteiger partial charge in [-0.3, -0.25) is 18.8 Å². The lowest BCUT2D eigenvalue weighted by Gasteiger charge is -2.30. The van der Waals surface area contributed by atoms with Crippen molar-refractivity contribution in [3.63, 3.8) is 0 Å². The second-order valence-corrected chi connectivity index (χ2v) is 14.0. The molecule has 0 saturated carbocycles. The average molecular weight is 797 g/mol. The molecule has 7 aromatic rings. The molecule has 54 heavy (non-hydrogen) atoms. The quantitative estimate of drug-likeness (QED) is 0.171. The van der Waals surface area contributed by atoms with Crippen LogP contribution in [0.15, 0.2) is 106 Å². The molecule has 1 amide bonds. The van der Waals surface area contributed by atoms with E-state index in [1.165, 1.54) is 17.0 Å². The lowest BCUT2D eigenvalue weighted by atomic mass is 10.0. The van der Waals surface area contributed by atoms with Crippen LogP contribution in [0, 0.1) is 0 Å². The Labute approximate surface area is 315 Å². The summed E-state index contributed by atoms with van der Waals surface area (Å²) in [5, 5.41) is 13.7. The van der Waals surface area contributed by atoms with Gasteiger partial charge in [-0.25, -0.2) is 4.52 Å². The van der Waals surface area contributed by atoms with Crippen molar-refractivity contribution in [2.75, 3.05) is 26.0 Å². The molecule has 0 aliphatic carbocycles. The molecule has 0 fully saturated rings. The van der Waals surface area contributed by atoms with E-state index in [-0.39, 0.29) is 35.1 Å². The maximum atomic E-state index is 14.7. The number of rotatable bonds is 8. The Morgan fingerprint density at radius 1 is 0.981 bits per heavy atom. The number of carbonyl (C=O) groups excluding carboxylic acids is 1. The highest BCUT2D eigenvalue weighted by Crippen LogP contribution is 2.36. The van der Waals surface area contributed by atoms with Gasteiger partial charge in [0.2, 0.25) is 0 Å². The van der Waals surface area contributed by atoms with Gasteiger partial charge in [0.05, 0.1) is 48.9 Å². The predicted octanol–water partition coefficient (Wildman–Crippen LogP) is 7.50. The number of ether oxygens (including phenoxy) is 1. The fourth-order valence-corrected chi connectivity index (χ4v) is 7.61. The van der Waals surface area contributed by atoms with Crippen molar-refractivity contribution in [1.82, 2.24) is 28.9 Å². The highest BCUT2D eigenvalue weighted by atomic mass is 79.9. The zero-order valence-electron chi connectivity index (χ0n) is 29.2. The first-order valence-electron chi connectivity index (χ1n) is 17.2. The molecular formula is C40H33BrF3N7O3. The van der Waals surface area contributed by atoms with Crippen LogP contribution >= 0.6 is 15.9 Å². The van der Waals surface area contributed by atoms with E-state index in [1.807, 2.05) is 84.5 Å². The number of hydrogen-bond donors (Lipinski definition) is 1. The molecule has 0 bridgehead atoms. The largest absolute Gasteiger partial charge is 0.497 e. The fraction of sp³-hybridized carbons (Fsp3) is 0.200. The van der Waals surface area contributed by atoms with E-state index in [0.717, 1.165) is 39.4 Å². The first kappa shape index (κ1) is 35.2. The van der Waals surface area contributed by atoms with Gasteiger partial charge in [0, 0.05) is 46.6 Å². The molecule has 1 aliphatic heterocycles. The second kappa shape index (κ2) is 13.8. The van der Waals surface area contributed by atoms with Crippen LogP contribution in [0.5, 0.6) is 5.75 Å². The van der Waals surface area contributed by atoms with Gasteiger partial charge in [-0.1, -0.05) is 58.4 Å². The number of aromatic nitrogens is 5. The summed E-state index contributed by atoms with van der Waals surface area (Å²) in [4.78, 5) is 29.9. The van der Waals surface area contributed by atoms with Crippen LogP contribution in [-0.4, -0.2) is 55.5 Å². The molecule has 1 N–H and O–H groups in total. The molecule has 14 heteroatoms. The summed E-state index contributed by atoms with van der Waals surface area (Å²) in [5.74, 6) is 0.880. The van der Waals surface area contributed by atoms with Crippen LogP contribution in [0.25, 0.3) is 22.2 Å². The predicted molar refractivity (Wildman–Crippen MR) is 203 cm³/mol. The van der Waals surface area contributed by atoms with E-state index in [4.69, 9.17) is 14.9 Å². The Balaban J connectivity index is 1.25. The summed E-state index contributed by atoms with van der Waals surface area (Å²) in [5.41, 5.74) is 4.49. The molecular weight excluding hydrogens is 763 g/mol. The van der Waals surface area contributed by atoms with E-state index >= 15 is 0 Å². The van der Waals surface area contributed by atoms with Gasteiger partial charge in [0.15, 0.2) is 5.82 Å². The Bertz CT molecular complexity index is 2620. The van der Waals surface area contributed by atoms with Crippen LogP contribution in [0.3, 0.4) is 0 Å². The SMILES string of the molecule is CNc1nn(Cc2ccc(OC)cc2)c2cc(-n3c(=O)c4c(n5ncc(Cc6ccccc6)c35)CN(C(=O)c3ccc(Br)c(C(F)(F)F)c3)CC4)ccc12. The van der Waals surface area contributed by atoms with Gasteiger partial charge in [-0.15, -0.1) is 0 Å². The van der Waals surface area contributed by atoms with Crippen molar-refractivity contribution in [1.29, 1.82) is 0 Å². The monoisotopic (exact) mass is 795 g/mol. The van der Waals surface area contributed by atoms with Gasteiger partial charge in [0.25, 0.3) is 11.5 Å². The minimum atomic E-state index is -4.64. The van der Waals surface area contributed by atoms with Gasteiger partial charge in [-0.05, 0) is 66.1 Å². The van der Waals surface area contributed by atoms with E-state index in [2.05, 4.69) is 21.2 Å². The molecule has 10 nitrogen and oxygen atoms in total. The van der Waals surface area contributed by atoms with E-state index in [1.54, 1.807) is 22.4 Å². The van der Waals surface area contributed by atoms with E-state index < -0.39 is 17.6 Å². The number of anilines is 1. The third kappa shape index (κ3) is 6.29. The normalized spacial score (nSPS) is 13.0. The molecule has 3 aromatic heterocycles. The van der Waals surface area contributed by atoms with Crippen molar-refractivity contribution in [2.24, 2.45) is 0 Å². The van der Waals surface area contributed by atoms with Gasteiger partial charge < -0.3 is 15.0 Å². The van der Waals surface area contributed by atoms with Gasteiger partial charge in [-0.2, -0.15) is 23.4 Å². The number of benzene rings is 4. The number of halogens is 4. The number of alkyl halides is 3. The van der Waals surface area contributed by atoms with Crippen molar-refractivity contribution in [3.05, 3.63) is 151 Å². The third-order valence-electron chi connectivity index (χ3n) is 9.83. The molecule has 0 saturated heterocycles. The van der Waals surface area contributed by atoms with Gasteiger partial charge >= 0.3 is 6.18 Å². The fourth-order valence-electron chi connectivity index (χ4n) is 7.14. The molecule has 4 heterocycles. The number of methoxy groups -OCH3 is 1. The number of amides is 1. The summed E-state index contributed by atoms with van der Waals surface area (Å²) in [6.07, 6.45) is -2.24. The van der Waals surface area contributed by atoms with Crippen molar-refractivity contribution < 1.29 is 22.7 Å². The molecule has 1 aliphatic rings. The third-order valence-corrected chi connectivity index (χ3v) is 10.5. The van der Waals surface area contributed by atoms with Crippen molar-refractivity contribution >= 4 is 44.2 Å². The van der Waals surface area contributed by atoms with Crippen LogP contribution < -0.4 is 15.6 Å². The zero-order chi connectivity index (χ0) is 37.7. The Morgan fingerprint density at radius 2 is 1.76 bits per heavy atom. The van der Waals surface area contributed by atoms with Gasteiger partial charge in [0.1, 0.15) is 11.4 Å². The highest BCUT2D eigenvalue weighted by molar-refractivity contribution is 9.10. The summed E-state index contributed by atoms with van der Waals surface area (Å²) < 4.78 is 51.6. The molecule has 8 rings (SSSR count). The number of nitrogens with zero attached hydrogens (tertiary/aromatic N) is 6. The minimum Gasteiger partial charge on any atom is -0.497 e. The molecule has 274 valence electrons. The Kier molecular flexibility index (Phi) is 9.00. The number of carbonyl (C=O) groups is 1. The highest BCUT2D eigenvalue weighted by Gasteiger charge is 2.35. The van der Waals surface area contributed by atoms with Crippen LogP contribution in [0.2, 0.25) is 0 Å².